The molecule has 0 aliphatic carbocycles. The van der Waals surface area contributed by atoms with Gasteiger partial charge in [-0.2, -0.15) is 13.2 Å². The maximum Gasteiger partial charge on any atom is 0.416 e. The number of carbonyl (C=O) groups is 2. The van der Waals surface area contributed by atoms with E-state index in [2.05, 4.69) is 29.2 Å². The Hall–Kier alpha value is -3.33. The Kier molecular flexibility index (Phi) is 7.22. The highest BCUT2D eigenvalue weighted by molar-refractivity contribution is 6.53. The third-order valence-corrected chi connectivity index (χ3v) is 7.41. The van der Waals surface area contributed by atoms with Crippen molar-refractivity contribution in [1.82, 2.24) is 9.80 Å². The molecule has 3 aromatic carbocycles. The number of hydrogen-bond donors (Lipinski definition) is 0. The van der Waals surface area contributed by atoms with Gasteiger partial charge in [-0.15, -0.1) is 0 Å². The number of rotatable bonds is 5. The number of amides is 2. The van der Waals surface area contributed by atoms with E-state index in [9.17, 15) is 22.8 Å². The Labute approximate surface area is 227 Å². The van der Waals surface area contributed by atoms with Gasteiger partial charge in [0.2, 0.25) is 0 Å². The summed E-state index contributed by atoms with van der Waals surface area (Å²) >= 11 is 12.4. The molecule has 0 atom stereocenters. The summed E-state index contributed by atoms with van der Waals surface area (Å²) in [4.78, 5) is 31.0. The first-order valence-corrected chi connectivity index (χ1v) is 12.7. The molecule has 38 heavy (non-hydrogen) atoms. The lowest BCUT2D eigenvalue weighted by Crippen LogP contribution is -2.48. The fourth-order valence-corrected chi connectivity index (χ4v) is 5.42. The Balaban J connectivity index is 1.38. The van der Waals surface area contributed by atoms with Crippen LogP contribution in [0.15, 0.2) is 89.6 Å². The van der Waals surface area contributed by atoms with Crippen LogP contribution in [0.4, 0.5) is 18.9 Å². The number of benzene rings is 3. The van der Waals surface area contributed by atoms with Gasteiger partial charge in [0.1, 0.15) is 10.7 Å². The number of piperazine rings is 1. The molecule has 5 rings (SSSR count). The molecule has 0 saturated carbocycles. The number of nitrogens with zero attached hydrogens (tertiary/aromatic N) is 3. The summed E-state index contributed by atoms with van der Waals surface area (Å²) in [5.41, 5.74) is 0.851. The van der Waals surface area contributed by atoms with Gasteiger partial charge in [-0.05, 0) is 29.3 Å². The van der Waals surface area contributed by atoms with E-state index in [1.165, 1.54) is 0 Å². The molecule has 0 radical (unpaired) electrons. The van der Waals surface area contributed by atoms with Gasteiger partial charge in [-0.1, -0.05) is 83.9 Å². The SMILES string of the molecule is O=C1C(Cl)=C(N2CCN(C(c3ccccc3)c3ccccc3)CC2)C(=O)N1c1cc(C(F)(F)F)ccc1Cl. The van der Waals surface area contributed by atoms with Gasteiger partial charge in [0, 0.05) is 26.2 Å². The third kappa shape index (κ3) is 4.91. The number of anilines is 1. The van der Waals surface area contributed by atoms with Crippen LogP contribution in [0.2, 0.25) is 5.02 Å². The number of imide groups is 1. The smallest absolute Gasteiger partial charge is 0.363 e. The quantitative estimate of drug-likeness (QED) is 0.355. The predicted molar refractivity (Wildman–Crippen MR) is 140 cm³/mol. The van der Waals surface area contributed by atoms with Crippen LogP contribution in [-0.2, 0) is 15.8 Å². The van der Waals surface area contributed by atoms with Crippen LogP contribution < -0.4 is 4.90 Å². The van der Waals surface area contributed by atoms with E-state index in [-0.39, 0.29) is 27.5 Å². The highest BCUT2D eigenvalue weighted by atomic mass is 35.5. The van der Waals surface area contributed by atoms with Crippen molar-refractivity contribution >= 4 is 40.7 Å². The average Bonchev–Trinajstić information content (AvgIpc) is 3.13. The van der Waals surface area contributed by atoms with Gasteiger partial charge in [0.15, 0.2) is 0 Å². The second-order valence-corrected chi connectivity index (χ2v) is 9.80. The molecule has 5 nitrogen and oxygen atoms in total. The second kappa shape index (κ2) is 10.4. The zero-order valence-corrected chi connectivity index (χ0v) is 21.5. The second-order valence-electron chi connectivity index (χ2n) is 9.02. The number of halogens is 5. The summed E-state index contributed by atoms with van der Waals surface area (Å²) in [7, 11) is 0. The summed E-state index contributed by atoms with van der Waals surface area (Å²) in [6, 6.07) is 22.6. The highest BCUT2D eigenvalue weighted by Crippen LogP contribution is 2.40. The molecule has 0 spiro atoms. The largest absolute Gasteiger partial charge is 0.416 e. The fraction of sp³-hybridized carbons (Fsp3) is 0.214. The van der Waals surface area contributed by atoms with Crippen molar-refractivity contribution in [3.63, 3.8) is 0 Å². The molecular formula is C28H22Cl2F3N3O2. The highest BCUT2D eigenvalue weighted by Gasteiger charge is 2.44. The molecule has 10 heteroatoms. The molecule has 3 aromatic rings. The van der Waals surface area contributed by atoms with Crippen molar-refractivity contribution in [2.24, 2.45) is 0 Å². The zero-order valence-electron chi connectivity index (χ0n) is 20.0. The molecule has 2 aliphatic heterocycles. The van der Waals surface area contributed by atoms with Crippen molar-refractivity contribution in [2.75, 3.05) is 31.1 Å². The molecule has 0 bridgehead atoms. The molecule has 0 N–H and O–H groups in total. The van der Waals surface area contributed by atoms with Crippen LogP contribution in [-0.4, -0.2) is 47.8 Å². The molecule has 1 fully saturated rings. The van der Waals surface area contributed by atoms with E-state index < -0.39 is 23.6 Å². The fourth-order valence-electron chi connectivity index (χ4n) is 4.93. The summed E-state index contributed by atoms with van der Waals surface area (Å²) in [6.45, 7) is 1.91. The van der Waals surface area contributed by atoms with E-state index in [4.69, 9.17) is 23.2 Å². The molecule has 2 amide bonds. The van der Waals surface area contributed by atoms with Gasteiger partial charge in [0.25, 0.3) is 11.8 Å². The van der Waals surface area contributed by atoms with Crippen LogP contribution >= 0.6 is 23.2 Å². The van der Waals surface area contributed by atoms with E-state index in [0.29, 0.717) is 37.1 Å². The van der Waals surface area contributed by atoms with E-state index >= 15 is 0 Å². The van der Waals surface area contributed by atoms with E-state index in [1.54, 1.807) is 4.90 Å². The molecule has 0 aromatic heterocycles. The first-order chi connectivity index (χ1) is 18.2. The summed E-state index contributed by atoms with van der Waals surface area (Å²) in [5.74, 6) is -1.70. The standard InChI is InChI=1S/C28H22Cl2F3N3O2/c29-21-12-11-20(28(31,32)33)17-22(21)36-26(37)23(30)25(27(36)38)35-15-13-34(14-16-35)24(18-7-3-1-4-8-18)19-9-5-2-6-10-19/h1-12,17,24H,13-16H2. The monoisotopic (exact) mass is 559 g/mol. The number of alkyl halides is 3. The van der Waals surface area contributed by atoms with Crippen LogP contribution in [0.25, 0.3) is 0 Å². The summed E-state index contributed by atoms with van der Waals surface area (Å²) < 4.78 is 39.9. The first kappa shape index (κ1) is 26.3. The van der Waals surface area contributed by atoms with Crippen LogP contribution in [0, 0.1) is 0 Å². The van der Waals surface area contributed by atoms with Crippen molar-refractivity contribution < 1.29 is 22.8 Å². The molecular weight excluding hydrogens is 538 g/mol. The molecule has 2 heterocycles. The Morgan fingerprint density at radius 1 is 0.737 bits per heavy atom. The van der Waals surface area contributed by atoms with Crippen molar-refractivity contribution in [3.05, 3.63) is 111 Å². The number of hydrogen-bond acceptors (Lipinski definition) is 4. The van der Waals surface area contributed by atoms with Crippen molar-refractivity contribution in [2.45, 2.75) is 12.2 Å². The normalized spacial score (nSPS) is 17.2. The van der Waals surface area contributed by atoms with Crippen molar-refractivity contribution in [3.8, 4) is 0 Å². The lowest BCUT2D eigenvalue weighted by atomic mass is 9.96. The maximum absolute atomic E-state index is 13.4. The van der Waals surface area contributed by atoms with Gasteiger partial charge >= 0.3 is 6.18 Å². The Morgan fingerprint density at radius 2 is 1.29 bits per heavy atom. The molecule has 196 valence electrons. The lowest BCUT2D eigenvalue weighted by molar-refractivity contribution is -0.137. The zero-order chi connectivity index (χ0) is 27.0. The average molecular weight is 560 g/mol. The van der Waals surface area contributed by atoms with Gasteiger partial charge in [-0.3, -0.25) is 14.5 Å². The van der Waals surface area contributed by atoms with Crippen LogP contribution in [0.3, 0.4) is 0 Å². The Bertz CT molecular complexity index is 1350. The summed E-state index contributed by atoms with van der Waals surface area (Å²) in [6.07, 6.45) is -4.67. The minimum absolute atomic E-state index is 0.00896. The predicted octanol–water partition coefficient (Wildman–Crippen LogP) is 6.09. The molecule has 0 unspecified atom stereocenters. The maximum atomic E-state index is 13.4. The van der Waals surface area contributed by atoms with Crippen LogP contribution in [0.5, 0.6) is 0 Å². The minimum atomic E-state index is -4.67. The Morgan fingerprint density at radius 3 is 1.82 bits per heavy atom. The van der Waals surface area contributed by atoms with Gasteiger partial charge in [-0.25, -0.2) is 4.90 Å². The first-order valence-electron chi connectivity index (χ1n) is 11.9. The third-order valence-electron chi connectivity index (χ3n) is 6.75. The van der Waals surface area contributed by atoms with E-state index in [1.807, 2.05) is 36.4 Å². The van der Waals surface area contributed by atoms with Gasteiger partial charge in [0.05, 0.1) is 22.3 Å². The van der Waals surface area contributed by atoms with Crippen LogP contribution in [0.1, 0.15) is 22.7 Å². The topological polar surface area (TPSA) is 43.9 Å². The van der Waals surface area contributed by atoms with Gasteiger partial charge < -0.3 is 4.90 Å². The molecule has 1 saturated heterocycles. The van der Waals surface area contributed by atoms with Crippen molar-refractivity contribution in [1.29, 1.82) is 0 Å². The summed E-state index contributed by atoms with van der Waals surface area (Å²) in [5, 5.41) is -0.497. The minimum Gasteiger partial charge on any atom is -0.363 e. The number of carbonyl (C=O) groups excluding carboxylic acids is 2. The molecule has 2 aliphatic rings. The lowest BCUT2D eigenvalue weighted by Gasteiger charge is -2.40. The van der Waals surface area contributed by atoms with E-state index in [0.717, 1.165) is 23.3 Å².